The molecule has 1 aromatic carbocycles. The number of nitrogens with zero attached hydrogens (tertiary/aromatic N) is 2. The lowest BCUT2D eigenvalue weighted by molar-refractivity contribution is 0.447. The third-order valence-electron chi connectivity index (χ3n) is 2.48. The summed E-state index contributed by atoms with van der Waals surface area (Å²) < 4.78 is 0. The van der Waals surface area contributed by atoms with Crippen molar-refractivity contribution < 1.29 is 0 Å². The Morgan fingerprint density at radius 2 is 2.21 bits per heavy atom. The largest absolute Gasteiger partial charge is 0.370 e. The molecule has 0 radical (unpaired) electrons. The second-order valence-corrected chi connectivity index (χ2v) is 4.20. The van der Waals surface area contributed by atoms with Gasteiger partial charge in [-0.15, -0.1) is 0 Å². The van der Waals surface area contributed by atoms with E-state index in [1.807, 2.05) is 6.07 Å². The Morgan fingerprint density at radius 3 is 2.79 bits per heavy atom. The highest BCUT2D eigenvalue weighted by molar-refractivity contribution is 6.33. The van der Waals surface area contributed by atoms with E-state index >= 15 is 0 Å². The van der Waals surface area contributed by atoms with Gasteiger partial charge in [0.15, 0.2) is 0 Å². The van der Waals surface area contributed by atoms with Crippen LogP contribution in [0.1, 0.15) is 12.5 Å². The molecule has 0 spiro atoms. The van der Waals surface area contributed by atoms with E-state index in [-0.39, 0.29) is 0 Å². The number of rotatable bonds is 1. The van der Waals surface area contributed by atoms with Crippen molar-refractivity contribution >= 4 is 17.3 Å². The first kappa shape index (κ1) is 9.36. The number of nitriles is 1. The lowest BCUT2D eigenvalue weighted by atomic mass is 10.0. The highest BCUT2D eigenvalue weighted by Crippen LogP contribution is 2.31. The van der Waals surface area contributed by atoms with Gasteiger partial charge in [-0.2, -0.15) is 5.26 Å². The minimum absolute atomic E-state index is 0.670. The average Bonchev–Trinajstić information content (AvgIpc) is 2.14. The maximum atomic E-state index is 8.77. The van der Waals surface area contributed by atoms with E-state index in [1.54, 1.807) is 12.1 Å². The third kappa shape index (κ3) is 1.56. The van der Waals surface area contributed by atoms with Gasteiger partial charge in [0.05, 0.1) is 22.3 Å². The number of hydrogen-bond acceptors (Lipinski definition) is 2. The molecule has 0 aromatic heterocycles. The summed E-state index contributed by atoms with van der Waals surface area (Å²) in [5.41, 5.74) is 1.66. The number of halogens is 1. The van der Waals surface area contributed by atoms with Crippen molar-refractivity contribution in [2.45, 2.75) is 6.92 Å². The quantitative estimate of drug-likeness (QED) is 0.707. The highest BCUT2D eigenvalue weighted by Gasteiger charge is 2.24. The van der Waals surface area contributed by atoms with Gasteiger partial charge in [0.1, 0.15) is 0 Å². The predicted octanol–water partition coefficient (Wildman–Crippen LogP) is 2.67. The van der Waals surface area contributed by atoms with Gasteiger partial charge >= 0.3 is 0 Å². The topological polar surface area (TPSA) is 27.0 Å². The summed E-state index contributed by atoms with van der Waals surface area (Å²) in [6, 6.07) is 7.51. The van der Waals surface area contributed by atoms with Crippen molar-refractivity contribution in [3.05, 3.63) is 28.8 Å². The maximum Gasteiger partial charge on any atom is 0.0992 e. The lowest BCUT2D eigenvalue weighted by Crippen LogP contribution is -2.45. The second kappa shape index (κ2) is 3.51. The molecule has 1 heterocycles. The first-order valence-corrected chi connectivity index (χ1v) is 5.03. The van der Waals surface area contributed by atoms with Crippen molar-refractivity contribution in [1.82, 2.24) is 0 Å². The van der Waals surface area contributed by atoms with Crippen LogP contribution in [0.15, 0.2) is 18.2 Å². The zero-order valence-corrected chi connectivity index (χ0v) is 8.75. The maximum absolute atomic E-state index is 8.77. The van der Waals surface area contributed by atoms with Crippen molar-refractivity contribution in [2.24, 2.45) is 5.92 Å². The molecular formula is C11H11ClN2. The van der Waals surface area contributed by atoms with Gasteiger partial charge in [0.2, 0.25) is 0 Å². The van der Waals surface area contributed by atoms with E-state index in [2.05, 4.69) is 17.9 Å². The van der Waals surface area contributed by atoms with Crippen LogP contribution in [0.4, 0.5) is 5.69 Å². The van der Waals surface area contributed by atoms with E-state index in [9.17, 15) is 0 Å². The van der Waals surface area contributed by atoms with Gasteiger partial charge in [-0.25, -0.2) is 0 Å². The van der Waals surface area contributed by atoms with Crippen molar-refractivity contribution in [3.63, 3.8) is 0 Å². The molecule has 2 nitrogen and oxygen atoms in total. The Morgan fingerprint density at radius 1 is 1.50 bits per heavy atom. The minimum Gasteiger partial charge on any atom is -0.370 e. The second-order valence-electron chi connectivity index (χ2n) is 3.79. The Kier molecular flexibility index (Phi) is 2.35. The van der Waals surface area contributed by atoms with Crippen LogP contribution in [-0.4, -0.2) is 13.1 Å². The molecule has 0 aliphatic carbocycles. The molecule has 1 aliphatic heterocycles. The summed E-state index contributed by atoms with van der Waals surface area (Å²) in [5, 5.41) is 9.50. The van der Waals surface area contributed by atoms with Crippen LogP contribution in [0.3, 0.4) is 0 Å². The molecule has 0 N–H and O–H groups in total. The van der Waals surface area contributed by atoms with Gasteiger partial charge in [0, 0.05) is 13.1 Å². The van der Waals surface area contributed by atoms with E-state index in [0.717, 1.165) is 29.7 Å². The Balaban J connectivity index is 2.28. The first-order valence-electron chi connectivity index (χ1n) is 4.65. The van der Waals surface area contributed by atoms with Gasteiger partial charge in [-0.1, -0.05) is 18.5 Å². The van der Waals surface area contributed by atoms with Crippen molar-refractivity contribution in [2.75, 3.05) is 18.0 Å². The highest BCUT2D eigenvalue weighted by atomic mass is 35.5. The molecular weight excluding hydrogens is 196 g/mol. The van der Waals surface area contributed by atoms with E-state index in [1.165, 1.54) is 0 Å². The van der Waals surface area contributed by atoms with E-state index in [0.29, 0.717) is 5.56 Å². The SMILES string of the molecule is CC1CN(c2cc(C#N)ccc2Cl)C1. The van der Waals surface area contributed by atoms with Crippen LogP contribution >= 0.6 is 11.6 Å². The van der Waals surface area contributed by atoms with Crippen LogP contribution < -0.4 is 4.90 Å². The van der Waals surface area contributed by atoms with Crippen LogP contribution in [0.5, 0.6) is 0 Å². The summed E-state index contributed by atoms with van der Waals surface area (Å²) in [7, 11) is 0. The molecule has 0 saturated carbocycles. The molecule has 72 valence electrons. The van der Waals surface area contributed by atoms with Gasteiger partial charge in [0.25, 0.3) is 0 Å². The van der Waals surface area contributed by atoms with Crippen molar-refractivity contribution in [1.29, 1.82) is 5.26 Å². The molecule has 2 rings (SSSR count). The molecule has 0 atom stereocenters. The minimum atomic E-state index is 0.670. The molecule has 1 aromatic rings. The summed E-state index contributed by atoms with van der Waals surface area (Å²) in [5.74, 6) is 0.733. The molecule has 1 saturated heterocycles. The normalized spacial score (nSPS) is 16.2. The Bertz CT molecular complexity index is 389. The zero-order valence-electron chi connectivity index (χ0n) is 8.00. The predicted molar refractivity (Wildman–Crippen MR) is 57.5 cm³/mol. The van der Waals surface area contributed by atoms with Crippen LogP contribution in [0.25, 0.3) is 0 Å². The van der Waals surface area contributed by atoms with Gasteiger partial charge in [-0.3, -0.25) is 0 Å². The van der Waals surface area contributed by atoms with Gasteiger partial charge < -0.3 is 4.90 Å². The van der Waals surface area contributed by atoms with E-state index < -0.39 is 0 Å². The summed E-state index contributed by atoms with van der Waals surface area (Å²) in [4.78, 5) is 2.20. The Labute approximate surface area is 88.7 Å². The summed E-state index contributed by atoms with van der Waals surface area (Å²) in [6.45, 7) is 4.28. The van der Waals surface area contributed by atoms with Crippen LogP contribution in [0, 0.1) is 17.2 Å². The summed E-state index contributed by atoms with van der Waals surface area (Å²) >= 11 is 6.06. The fourth-order valence-electron chi connectivity index (χ4n) is 1.72. The smallest absolute Gasteiger partial charge is 0.0992 e. The molecule has 3 heteroatoms. The van der Waals surface area contributed by atoms with Gasteiger partial charge in [-0.05, 0) is 24.1 Å². The summed E-state index contributed by atoms with van der Waals surface area (Å²) in [6.07, 6.45) is 0. The van der Waals surface area contributed by atoms with E-state index in [4.69, 9.17) is 16.9 Å². The lowest BCUT2D eigenvalue weighted by Gasteiger charge is -2.39. The standard InChI is InChI=1S/C11H11ClN2/c1-8-6-14(7-8)11-4-9(5-13)2-3-10(11)12/h2-4,8H,6-7H2,1H3. The third-order valence-corrected chi connectivity index (χ3v) is 2.80. The Hall–Kier alpha value is -1.20. The first-order chi connectivity index (χ1) is 6.70. The molecule has 0 bridgehead atoms. The number of hydrogen-bond donors (Lipinski definition) is 0. The molecule has 14 heavy (non-hydrogen) atoms. The fourth-order valence-corrected chi connectivity index (χ4v) is 1.96. The molecule has 1 fully saturated rings. The van der Waals surface area contributed by atoms with Crippen LogP contribution in [-0.2, 0) is 0 Å². The molecule has 0 amide bonds. The average molecular weight is 207 g/mol. The van der Waals surface area contributed by atoms with Crippen LogP contribution in [0.2, 0.25) is 5.02 Å². The molecule has 0 unspecified atom stereocenters. The molecule has 1 aliphatic rings. The number of benzene rings is 1. The monoisotopic (exact) mass is 206 g/mol. The number of anilines is 1. The zero-order chi connectivity index (χ0) is 10.1. The van der Waals surface area contributed by atoms with Crippen molar-refractivity contribution in [3.8, 4) is 6.07 Å². The fraction of sp³-hybridized carbons (Fsp3) is 0.364.